The second-order valence-corrected chi connectivity index (χ2v) is 10.2. The largest absolute Gasteiger partial charge is 0.481 e. The molecule has 0 spiro atoms. The van der Waals surface area contributed by atoms with Crippen LogP contribution in [-0.4, -0.2) is 45.8 Å². The number of hydrogen-bond donors (Lipinski definition) is 0. The topological polar surface area (TPSA) is 106 Å². The number of oxazole rings is 1. The number of nitrogens with zero attached hydrogens (tertiary/aromatic N) is 3. The normalized spacial score (nSPS) is 14.3. The van der Waals surface area contributed by atoms with Crippen molar-refractivity contribution in [3.8, 4) is 29.1 Å². The first-order valence-electron chi connectivity index (χ1n) is 12.6. The van der Waals surface area contributed by atoms with Crippen molar-refractivity contribution in [2.24, 2.45) is 0 Å². The molecular weight excluding hydrogens is 462 g/mol. The fourth-order valence-corrected chi connectivity index (χ4v) is 4.21. The number of esters is 1. The van der Waals surface area contributed by atoms with E-state index in [1.807, 2.05) is 53.7 Å². The molecule has 0 aliphatic heterocycles. The fourth-order valence-electron chi connectivity index (χ4n) is 4.21. The molecule has 4 rings (SSSR count). The Hall–Kier alpha value is -3.36. The minimum Gasteiger partial charge on any atom is -0.481 e. The van der Waals surface area contributed by atoms with E-state index < -0.39 is 11.6 Å². The molecule has 0 saturated heterocycles. The first kappa shape index (κ1) is 25.7. The van der Waals surface area contributed by atoms with E-state index in [9.17, 15) is 4.79 Å². The predicted molar refractivity (Wildman–Crippen MR) is 135 cm³/mol. The van der Waals surface area contributed by atoms with Crippen LogP contribution in [0.15, 0.2) is 16.5 Å². The number of fused-ring (bicyclic) bond motifs is 1. The third-order valence-electron chi connectivity index (χ3n) is 5.69. The van der Waals surface area contributed by atoms with Crippen molar-refractivity contribution in [3.05, 3.63) is 23.3 Å². The second kappa shape index (κ2) is 10.7. The molecule has 1 fully saturated rings. The zero-order valence-corrected chi connectivity index (χ0v) is 22.0. The van der Waals surface area contributed by atoms with Crippen molar-refractivity contribution in [1.29, 1.82) is 0 Å². The Morgan fingerprint density at radius 2 is 1.75 bits per heavy atom. The molecule has 1 aliphatic rings. The Labute approximate surface area is 211 Å². The highest BCUT2D eigenvalue weighted by atomic mass is 16.6. The summed E-state index contributed by atoms with van der Waals surface area (Å²) in [6, 6.07) is 4.05. The van der Waals surface area contributed by atoms with Gasteiger partial charge in [-0.25, -0.2) is 9.78 Å². The van der Waals surface area contributed by atoms with Gasteiger partial charge in [0.05, 0.1) is 6.61 Å². The lowest BCUT2D eigenvalue weighted by Crippen LogP contribution is -2.27. The smallest absolute Gasteiger partial charge is 0.344 e. The maximum absolute atomic E-state index is 12.1. The number of hydrogen-bond acceptors (Lipinski definition) is 9. The third kappa shape index (κ3) is 6.25. The van der Waals surface area contributed by atoms with Crippen LogP contribution in [0.1, 0.15) is 70.9 Å². The van der Waals surface area contributed by atoms with Gasteiger partial charge in [-0.2, -0.15) is 9.97 Å². The molecule has 1 saturated carbocycles. The van der Waals surface area contributed by atoms with Crippen molar-refractivity contribution in [1.82, 2.24) is 15.0 Å². The van der Waals surface area contributed by atoms with Crippen LogP contribution in [0.25, 0.3) is 22.7 Å². The van der Waals surface area contributed by atoms with Crippen molar-refractivity contribution in [3.63, 3.8) is 0 Å². The number of rotatable bonds is 9. The van der Waals surface area contributed by atoms with Crippen molar-refractivity contribution in [2.75, 3.05) is 13.2 Å². The molecule has 2 aromatic heterocycles. The Kier molecular flexibility index (Phi) is 7.66. The summed E-state index contributed by atoms with van der Waals surface area (Å²) >= 11 is 0. The molecule has 0 bridgehead atoms. The Bertz CT molecular complexity index is 1200. The van der Waals surface area contributed by atoms with Gasteiger partial charge in [-0.15, -0.1) is 0 Å². The van der Waals surface area contributed by atoms with Gasteiger partial charge in [-0.05, 0) is 90.0 Å². The molecule has 0 atom stereocenters. The summed E-state index contributed by atoms with van der Waals surface area (Å²) < 4.78 is 29.0. The van der Waals surface area contributed by atoms with Crippen LogP contribution in [0.4, 0.5) is 0 Å². The van der Waals surface area contributed by atoms with E-state index in [2.05, 4.69) is 15.0 Å². The maximum Gasteiger partial charge on any atom is 0.344 e. The predicted octanol–water partition coefficient (Wildman–Crippen LogP) is 5.73. The van der Waals surface area contributed by atoms with Crippen molar-refractivity contribution in [2.45, 2.75) is 85.4 Å². The standard InChI is InChI=1S/C27H35N3O6/c1-7-12-32-24-21-25(30-26(29-24)34-19-10-8-9-11-19)35-23(28-21)18-13-16(2)22(17(3)14-18)33-15-20(31)36-27(4,5)6/h13-14,19H,7-12,15H2,1-6H3. The van der Waals surface area contributed by atoms with Gasteiger partial charge in [0, 0.05) is 5.56 Å². The summed E-state index contributed by atoms with van der Waals surface area (Å²) in [6.07, 6.45) is 5.23. The molecule has 1 aromatic carbocycles. The van der Waals surface area contributed by atoms with Crippen LogP contribution in [0, 0.1) is 13.8 Å². The minimum absolute atomic E-state index is 0.113. The number of aromatic nitrogens is 3. The van der Waals surface area contributed by atoms with Gasteiger partial charge < -0.3 is 23.4 Å². The van der Waals surface area contributed by atoms with E-state index in [0.717, 1.165) is 48.8 Å². The molecule has 9 nitrogen and oxygen atoms in total. The molecule has 2 heterocycles. The number of benzene rings is 1. The van der Waals surface area contributed by atoms with Gasteiger partial charge in [0.2, 0.25) is 5.89 Å². The first-order valence-corrected chi connectivity index (χ1v) is 12.6. The van der Waals surface area contributed by atoms with Gasteiger partial charge in [0.1, 0.15) is 17.5 Å². The highest BCUT2D eigenvalue weighted by Gasteiger charge is 2.23. The summed E-state index contributed by atoms with van der Waals surface area (Å²) in [5.74, 6) is 0.956. The minimum atomic E-state index is -0.564. The van der Waals surface area contributed by atoms with Gasteiger partial charge in [-0.1, -0.05) is 6.92 Å². The highest BCUT2D eigenvalue weighted by molar-refractivity contribution is 5.78. The Balaban J connectivity index is 1.60. The van der Waals surface area contributed by atoms with Gasteiger partial charge in [0.15, 0.2) is 12.1 Å². The zero-order valence-electron chi connectivity index (χ0n) is 22.0. The Morgan fingerprint density at radius 1 is 1.06 bits per heavy atom. The van der Waals surface area contributed by atoms with Crippen LogP contribution >= 0.6 is 0 Å². The molecule has 194 valence electrons. The van der Waals surface area contributed by atoms with Crippen LogP contribution in [0.2, 0.25) is 0 Å². The van der Waals surface area contributed by atoms with E-state index >= 15 is 0 Å². The number of carbonyl (C=O) groups excluding carboxylic acids is 1. The van der Waals surface area contributed by atoms with Crippen LogP contribution in [0.5, 0.6) is 17.6 Å². The highest BCUT2D eigenvalue weighted by Crippen LogP contribution is 2.34. The van der Waals surface area contributed by atoms with E-state index in [4.69, 9.17) is 23.4 Å². The van der Waals surface area contributed by atoms with E-state index in [-0.39, 0.29) is 18.7 Å². The molecule has 0 amide bonds. The van der Waals surface area contributed by atoms with Crippen LogP contribution < -0.4 is 14.2 Å². The van der Waals surface area contributed by atoms with Crippen LogP contribution in [-0.2, 0) is 9.53 Å². The number of ether oxygens (including phenoxy) is 4. The van der Waals surface area contributed by atoms with Gasteiger partial charge in [0.25, 0.3) is 11.6 Å². The Morgan fingerprint density at radius 3 is 2.39 bits per heavy atom. The summed E-state index contributed by atoms with van der Waals surface area (Å²) in [4.78, 5) is 25.7. The lowest BCUT2D eigenvalue weighted by Gasteiger charge is -2.20. The molecule has 1 aliphatic carbocycles. The lowest BCUT2D eigenvalue weighted by atomic mass is 10.1. The number of carbonyl (C=O) groups is 1. The molecule has 0 N–H and O–H groups in total. The van der Waals surface area contributed by atoms with Crippen LogP contribution in [0.3, 0.4) is 0 Å². The third-order valence-corrected chi connectivity index (χ3v) is 5.69. The van der Waals surface area contributed by atoms with E-state index in [1.165, 1.54) is 0 Å². The molecule has 3 aromatic rings. The molecule has 0 unspecified atom stereocenters. The first-order chi connectivity index (χ1) is 17.1. The average Bonchev–Trinajstić information content (AvgIpc) is 3.45. The monoisotopic (exact) mass is 497 g/mol. The summed E-state index contributed by atoms with van der Waals surface area (Å²) in [6.45, 7) is 11.6. The average molecular weight is 498 g/mol. The lowest BCUT2D eigenvalue weighted by molar-refractivity contribution is -0.157. The SMILES string of the molecule is CCCOc1nc(OC2CCCC2)nc2oc(-c3cc(C)c(OCC(=O)OC(C)(C)C)c(C)c3)nc12. The molecule has 0 radical (unpaired) electrons. The second-order valence-electron chi connectivity index (χ2n) is 10.2. The maximum atomic E-state index is 12.1. The van der Waals surface area contributed by atoms with E-state index in [0.29, 0.717) is 35.4 Å². The fraction of sp³-hybridized carbons (Fsp3) is 0.556. The number of aryl methyl sites for hydroxylation is 2. The summed E-state index contributed by atoms with van der Waals surface area (Å²) in [5, 5.41) is 0. The van der Waals surface area contributed by atoms with Crippen molar-refractivity contribution < 1.29 is 28.2 Å². The van der Waals surface area contributed by atoms with Gasteiger partial charge >= 0.3 is 12.0 Å². The quantitative estimate of drug-likeness (QED) is 0.342. The zero-order chi connectivity index (χ0) is 25.9. The molecule has 9 heteroatoms. The molecule has 36 heavy (non-hydrogen) atoms. The van der Waals surface area contributed by atoms with Gasteiger partial charge in [-0.3, -0.25) is 0 Å². The summed E-state index contributed by atoms with van der Waals surface area (Å²) in [5.41, 5.74) is 2.65. The molecular formula is C27H35N3O6. The van der Waals surface area contributed by atoms with E-state index in [1.54, 1.807) is 0 Å². The van der Waals surface area contributed by atoms with Crippen molar-refractivity contribution >= 4 is 17.2 Å². The summed E-state index contributed by atoms with van der Waals surface area (Å²) in [7, 11) is 0.